The molecule has 1 saturated heterocycles. The van der Waals surface area contributed by atoms with Crippen molar-refractivity contribution >= 4 is 39.9 Å². The van der Waals surface area contributed by atoms with E-state index in [0.29, 0.717) is 4.32 Å². The molecule has 2 atom stereocenters. The van der Waals surface area contributed by atoms with Crippen LogP contribution in [0.25, 0.3) is 0 Å². The third-order valence-electron chi connectivity index (χ3n) is 5.02. The Labute approximate surface area is 180 Å². The minimum Gasteiger partial charge on any atom is -0.372 e. The summed E-state index contributed by atoms with van der Waals surface area (Å²) >= 11 is 13.1. The Balaban J connectivity index is 1.68. The summed E-state index contributed by atoms with van der Waals surface area (Å²) in [5, 5.41) is 12.5. The number of hydrogen-bond acceptors (Lipinski definition) is 3. The number of thiocarbonyl (C=S) groups is 1. The Morgan fingerprint density at radius 1 is 0.929 bits per heavy atom. The highest BCUT2D eigenvalue weighted by atomic mass is 35.5. The molecule has 1 aliphatic heterocycles. The van der Waals surface area contributed by atoms with Gasteiger partial charge in [0.1, 0.15) is 4.32 Å². The zero-order valence-corrected chi connectivity index (χ0v) is 17.6. The normalized spacial score (nSPS) is 21.9. The molecule has 4 rings (SSSR count). The van der Waals surface area contributed by atoms with Crippen LogP contribution in [0.2, 0.25) is 5.02 Å². The summed E-state index contributed by atoms with van der Waals surface area (Å²) in [6.45, 7) is 0.724. The minimum atomic E-state index is -1.13. The van der Waals surface area contributed by atoms with Crippen LogP contribution < -0.4 is 0 Å². The molecule has 0 amide bonds. The van der Waals surface area contributed by atoms with Crippen molar-refractivity contribution in [2.24, 2.45) is 0 Å². The molecule has 1 fully saturated rings. The highest BCUT2D eigenvalue weighted by Gasteiger charge is 2.51. The Morgan fingerprint density at radius 2 is 1.54 bits per heavy atom. The molecule has 0 bridgehead atoms. The predicted octanol–water partition coefficient (Wildman–Crippen LogP) is 5.80. The van der Waals surface area contributed by atoms with Crippen LogP contribution in [0.5, 0.6) is 0 Å². The van der Waals surface area contributed by atoms with Crippen LogP contribution in [-0.4, -0.2) is 20.9 Å². The average Bonchev–Trinajstić information content (AvgIpc) is 2.99. The van der Waals surface area contributed by atoms with Crippen molar-refractivity contribution in [1.29, 1.82) is 0 Å². The van der Waals surface area contributed by atoms with Crippen molar-refractivity contribution in [3.8, 4) is 0 Å². The predicted molar refractivity (Wildman–Crippen MR) is 122 cm³/mol. The van der Waals surface area contributed by atoms with Crippen LogP contribution in [0.3, 0.4) is 0 Å². The molecule has 0 radical (unpaired) electrons. The van der Waals surface area contributed by atoms with Gasteiger partial charge in [-0.15, -0.1) is 0 Å². The third-order valence-corrected chi connectivity index (χ3v) is 6.93. The van der Waals surface area contributed by atoms with E-state index < -0.39 is 4.93 Å². The summed E-state index contributed by atoms with van der Waals surface area (Å²) in [6.07, 6.45) is 0.825. The highest BCUT2D eigenvalue weighted by molar-refractivity contribution is 8.23. The SMILES string of the molecule is OC1(c2ccccc2)SC(=S)N(CCc2ccc(Cl)cc2)C1c1ccccc1. The Bertz CT molecular complexity index is 949. The van der Waals surface area contributed by atoms with Crippen molar-refractivity contribution in [2.75, 3.05) is 6.54 Å². The minimum absolute atomic E-state index is 0.249. The Kier molecular flexibility index (Phi) is 5.74. The van der Waals surface area contributed by atoms with Gasteiger partial charge in [-0.3, -0.25) is 0 Å². The van der Waals surface area contributed by atoms with E-state index in [4.69, 9.17) is 23.8 Å². The molecule has 0 aromatic heterocycles. The molecular weight excluding hydrogens is 406 g/mol. The van der Waals surface area contributed by atoms with Crippen molar-refractivity contribution in [3.63, 3.8) is 0 Å². The molecule has 3 aromatic rings. The summed E-state index contributed by atoms with van der Waals surface area (Å²) in [7, 11) is 0. The topological polar surface area (TPSA) is 23.5 Å². The number of hydrogen-bond donors (Lipinski definition) is 1. The zero-order chi connectivity index (χ0) is 19.6. The van der Waals surface area contributed by atoms with Gasteiger partial charge in [-0.05, 0) is 35.2 Å². The summed E-state index contributed by atoms with van der Waals surface area (Å²) in [4.78, 5) is 1.02. The van der Waals surface area contributed by atoms with Gasteiger partial charge in [0, 0.05) is 11.6 Å². The molecule has 0 spiro atoms. The molecule has 2 nitrogen and oxygen atoms in total. The van der Waals surface area contributed by atoms with Crippen LogP contribution in [0.4, 0.5) is 0 Å². The van der Waals surface area contributed by atoms with Gasteiger partial charge in [-0.2, -0.15) is 0 Å². The number of thioether (sulfide) groups is 1. The lowest BCUT2D eigenvalue weighted by atomic mass is 9.93. The number of nitrogens with zero attached hydrogens (tertiary/aromatic N) is 1. The first-order valence-electron chi connectivity index (χ1n) is 9.15. The lowest BCUT2D eigenvalue weighted by Gasteiger charge is -2.34. The molecule has 5 heteroatoms. The van der Waals surface area contributed by atoms with Gasteiger partial charge in [0.15, 0.2) is 4.93 Å². The maximum Gasteiger partial charge on any atom is 0.167 e. The van der Waals surface area contributed by atoms with Crippen LogP contribution in [-0.2, 0) is 11.4 Å². The fraction of sp³-hybridized carbons (Fsp3) is 0.174. The number of benzene rings is 3. The molecule has 28 heavy (non-hydrogen) atoms. The fourth-order valence-electron chi connectivity index (χ4n) is 3.62. The second-order valence-electron chi connectivity index (χ2n) is 6.81. The lowest BCUT2D eigenvalue weighted by molar-refractivity contribution is 0.0619. The number of halogens is 1. The maximum atomic E-state index is 11.8. The summed E-state index contributed by atoms with van der Waals surface area (Å²) in [5.41, 5.74) is 3.11. The van der Waals surface area contributed by atoms with Gasteiger partial charge in [0.2, 0.25) is 0 Å². The largest absolute Gasteiger partial charge is 0.372 e. The zero-order valence-electron chi connectivity index (χ0n) is 15.2. The highest BCUT2D eigenvalue weighted by Crippen LogP contribution is 2.54. The molecule has 0 saturated carbocycles. The molecule has 3 aromatic carbocycles. The third kappa shape index (κ3) is 3.83. The smallest absolute Gasteiger partial charge is 0.167 e. The van der Waals surface area contributed by atoms with Crippen molar-refractivity contribution in [2.45, 2.75) is 17.4 Å². The monoisotopic (exact) mass is 425 g/mol. The molecule has 1 heterocycles. The Hall–Kier alpha value is -1.85. The van der Waals surface area contributed by atoms with Gasteiger partial charge in [-0.25, -0.2) is 0 Å². The first-order valence-corrected chi connectivity index (χ1v) is 10.7. The van der Waals surface area contributed by atoms with Crippen LogP contribution in [0, 0.1) is 0 Å². The number of aliphatic hydroxyl groups is 1. The van der Waals surface area contributed by atoms with Crippen molar-refractivity contribution in [3.05, 3.63) is 107 Å². The first kappa shape index (κ1) is 19.5. The summed E-state index contributed by atoms with van der Waals surface area (Å²) in [6, 6.07) is 27.5. The van der Waals surface area contributed by atoms with E-state index in [1.807, 2.05) is 72.8 Å². The first-order chi connectivity index (χ1) is 13.6. The van der Waals surface area contributed by atoms with Crippen molar-refractivity contribution < 1.29 is 5.11 Å². The van der Waals surface area contributed by atoms with Gasteiger partial charge in [0.05, 0.1) is 6.04 Å². The fourth-order valence-corrected chi connectivity index (χ4v) is 5.53. The molecule has 0 aliphatic carbocycles. The Morgan fingerprint density at radius 3 is 2.18 bits per heavy atom. The number of rotatable bonds is 5. The van der Waals surface area contributed by atoms with Crippen molar-refractivity contribution in [1.82, 2.24) is 4.90 Å². The van der Waals surface area contributed by atoms with Gasteiger partial charge >= 0.3 is 0 Å². The van der Waals surface area contributed by atoms with E-state index in [1.54, 1.807) is 0 Å². The summed E-state index contributed by atoms with van der Waals surface area (Å²) < 4.78 is 0.717. The van der Waals surface area contributed by atoms with E-state index in [1.165, 1.54) is 17.3 Å². The average molecular weight is 426 g/mol. The molecule has 2 unspecified atom stereocenters. The van der Waals surface area contributed by atoms with Gasteiger partial charge < -0.3 is 10.0 Å². The second-order valence-corrected chi connectivity index (χ2v) is 9.11. The van der Waals surface area contributed by atoms with Crippen LogP contribution >= 0.6 is 35.6 Å². The van der Waals surface area contributed by atoms with E-state index in [9.17, 15) is 5.11 Å². The second kappa shape index (κ2) is 8.26. The standard InChI is InChI=1S/C23H20ClNOS2/c24-20-13-11-17(12-14-20)15-16-25-21(18-7-3-1-4-8-18)23(26,28-22(25)27)19-9-5-2-6-10-19/h1-14,21,26H,15-16H2. The van der Waals surface area contributed by atoms with E-state index >= 15 is 0 Å². The quantitative estimate of drug-likeness (QED) is 0.521. The van der Waals surface area contributed by atoms with E-state index in [0.717, 1.165) is 29.1 Å². The van der Waals surface area contributed by atoms with E-state index in [-0.39, 0.29) is 6.04 Å². The van der Waals surface area contributed by atoms with Gasteiger partial charge in [0.25, 0.3) is 0 Å². The summed E-state index contributed by atoms with van der Waals surface area (Å²) in [5.74, 6) is 0. The molecular formula is C23H20ClNOS2. The van der Waals surface area contributed by atoms with E-state index in [2.05, 4.69) is 17.0 Å². The molecule has 142 valence electrons. The lowest BCUT2D eigenvalue weighted by Crippen LogP contribution is -2.36. The van der Waals surface area contributed by atoms with Gasteiger partial charge in [-0.1, -0.05) is 108 Å². The van der Waals surface area contributed by atoms with Crippen LogP contribution in [0.1, 0.15) is 22.7 Å². The molecule has 1 N–H and O–H groups in total. The van der Waals surface area contributed by atoms with Crippen LogP contribution in [0.15, 0.2) is 84.9 Å². The maximum absolute atomic E-state index is 11.8. The molecule has 1 aliphatic rings.